The molecule has 2 heteroatoms. The Hall–Kier alpha value is -0.0800. The summed E-state index contributed by atoms with van der Waals surface area (Å²) in [6.45, 7) is 6.26. The summed E-state index contributed by atoms with van der Waals surface area (Å²) in [5, 5.41) is 3.46. The van der Waals surface area contributed by atoms with Gasteiger partial charge in [-0.3, -0.25) is 4.90 Å². The van der Waals surface area contributed by atoms with Gasteiger partial charge in [-0.2, -0.15) is 0 Å². The van der Waals surface area contributed by atoms with Gasteiger partial charge in [-0.25, -0.2) is 0 Å². The van der Waals surface area contributed by atoms with Crippen LogP contribution in [0, 0.1) is 17.8 Å². The molecule has 1 N–H and O–H groups in total. The largest absolute Gasteiger partial charge is 0.317 e. The third kappa shape index (κ3) is 2.22. The number of hydrogen-bond donors (Lipinski definition) is 1. The molecule has 2 nitrogen and oxygen atoms in total. The molecule has 0 aromatic heterocycles. The van der Waals surface area contributed by atoms with Crippen LogP contribution in [0.1, 0.15) is 52.4 Å². The summed E-state index contributed by atoms with van der Waals surface area (Å²) >= 11 is 0. The highest BCUT2D eigenvalue weighted by molar-refractivity contribution is 4.96. The van der Waals surface area contributed by atoms with E-state index in [1.54, 1.807) is 6.42 Å². The third-order valence-electron chi connectivity index (χ3n) is 6.27. The second kappa shape index (κ2) is 5.13. The number of fused-ring (bicyclic) bond motifs is 2. The van der Waals surface area contributed by atoms with E-state index in [2.05, 4.69) is 31.1 Å². The number of hydrogen-bond acceptors (Lipinski definition) is 2. The van der Waals surface area contributed by atoms with Gasteiger partial charge in [-0.1, -0.05) is 6.42 Å². The van der Waals surface area contributed by atoms with Crippen molar-refractivity contribution >= 4 is 0 Å². The molecule has 1 saturated heterocycles. The first-order chi connectivity index (χ1) is 8.69. The summed E-state index contributed by atoms with van der Waals surface area (Å²) < 4.78 is 0. The van der Waals surface area contributed by atoms with Crippen molar-refractivity contribution in [1.29, 1.82) is 0 Å². The molecule has 0 spiro atoms. The van der Waals surface area contributed by atoms with Gasteiger partial charge in [0.25, 0.3) is 0 Å². The molecule has 2 bridgehead atoms. The van der Waals surface area contributed by atoms with Gasteiger partial charge in [-0.05, 0) is 70.8 Å². The van der Waals surface area contributed by atoms with E-state index in [0.717, 1.165) is 35.9 Å². The minimum Gasteiger partial charge on any atom is -0.317 e. The van der Waals surface area contributed by atoms with E-state index in [4.69, 9.17) is 0 Å². The van der Waals surface area contributed by atoms with Crippen LogP contribution < -0.4 is 5.32 Å². The predicted molar refractivity (Wildman–Crippen MR) is 76.6 cm³/mol. The molecule has 0 radical (unpaired) electrons. The highest BCUT2D eigenvalue weighted by Gasteiger charge is 2.44. The fourth-order valence-electron chi connectivity index (χ4n) is 5.19. The molecule has 1 aliphatic heterocycles. The molecule has 0 aromatic rings. The Labute approximate surface area is 113 Å². The zero-order valence-electron chi connectivity index (χ0n) is 12.4. The highest BCUT2D eigenvalue weighted by atomic mass is 15.2. The van der Waals surface area contributed by atoms with Crippen molar-refractivity contribution in [2.45, 2.75) is 70.5 Å². The van der Waals surface area contributed by atoms with E-state index in [0.29, 0.717) is 0 Å². The van der Waals surface area contributed by atoms with Gasteiger partial charge in [0.2, 0.25) is 0 Å². The van der Waals surface area contributed by atoms with Crippen molar-refractivity contribution < 1.29 is 0 Å². The molecular weight excluding hydrogens is 220 g/mol. The van der Waals surface area contributed by atoms with Gasteiger partial charge in [0, 0.05) is 24.7 Å². The van der Waals surface area contributed by atoms with E-state index >= 15 is 0 Å². The van der Waals surface area contributed by atoms with Crippen LogP contribution in [-0.4, -0.2) is 36.6 Å². The molecule has 2 aliphatic carbocycles. The van der Waals surface area contributed by atoms with Crippen molar-refractivity contribution in [3.8, 4) is 0 Å². The maximum Gasteiger partial charge on any atom is 0.0101 e. The number of nitrogens with one attached hydrogen (secondary N) is 1. The van der Waals surface area contributed by atoms with Gasteiger partial charge in [0.05, 0.1) is 0 Å². The molecule has 6 atom stereocenters. The predicted octanol–water partition coefficient (Wildman–Crippen LogP) is 2.88. The maximum atomic E-state index is 3.46. The summed E-state index contributed by atoms with van der Waals surface area (Å²) in [5.41, 5.74) is 0. The van der Waals surface area contributed by atoms with Crippen LogP contribution in [0.5, 0.6) is 0 Å². The summed E-state index contributed by atoms with van der Waals surface area (Å²) in [7, 11) is 2.12. The van der Waals surface area contributed by atoms with E-state index in [-0.39, 0.29) is 0 Å². The van der Waals surface area contributed by atoms with E-state index in [1.807, 2.05) is 0 Å². The van der Waals surface area contributed by atoms with Gasteiger partial charge >= 0.3 is 0 Å². The third-order valence-corrected chi connectivity index (χ3v) is 6.27. The minimum atomic E-state index is 0.753. The smallest absolute Gasteiger partial charge is 0.0101 e. The van der Waals surface area contributed by atoms with Crippen molar-refractivity contribution in [3.05, 3.63) is 0 Å². The van der Waals surface area contributed by atoms with Crippen molar-refractivity contribution in [3.63, 3.8) is 0 Å². The van der Waals surface area contributed by atoms with Gasteiger partial charge in [0.1, 0.15) is 0 Å². The molecule has 0 aromatic carbocycles. The van der Waals surface area contributed by atoms with Crippen molar-refractivity contribution in [2.24, 2.45) is 17.8 Å². The Morgan fingerprint density at radius 1 is 1.11 bits per heavy atom. The SMILES string of the molecule is CNC1CCN(C(C)C2CC3CCC2C3)C(C)C1. The number of piperidine rings is 1. The molecular formula is C16H30N2. The van der Waals surface area contributed by atoms with E-state index < -0.39 is 0 Å². The molecule has 1 heterocycles. The summed E-state index contributed by atoms with van der Waals surface area (Å²) in [6, 6.07) is 2.35. The van der Waals surface area contributed by atoms with Gasteiger partial charge in [-0.15, -0.1) is 0 Å². The van der Waals surface area contributed by atoms with Crippen molar-refractivity contribution in [2.75, 3.05) is 13.6 Å². The standard InChI is InChI=1S/C16H30N2/c1-11-8-15(17-3)6-7-18(11)12(2)16-10-13-4-5-14(16)9-13/h11-17H,4-10H2,1-3H3. The number of rotatable bonds is 3. The first kappa shape index (κ1) is 12.9. The van der Waals surface area contributed by atoms with Crippen LogP contribution in [0.3, 0.4) is 0 Å². The summed E-state index contributed by atoms with van der Waals surface area (Å²) in [4.78, 5) is 2.82. The van der Waals surface area contributed by atoms with Gasteiger partial charge in [0.15, 0.2) is 0 Å². The fraction of sp³-hybridized carbons (Fsp3) is 1.00. The maximum absolute atomic E-state index is 3.46. The molecule has 3 fully saturated rings. The Balaban J connectivity index is 1.61. The first-order valence-electron chi connectivity index (χ1n) is 8.12. The Morgan fingerprint density at radius 3 is 2.50 bits per heavy atom. The lowest BCUT2D eigenvalue weighted by Crippen LogP contribution is -2.52. The highest BCUT2D eigenvalue weighted by Crippen LogP contribution is 2.50. The average molecular weight is 250 g/mol. The minimum absolute atomic E-state index is 0.753. The monoisotopic (exact) mass is 250 g/mol. The van der Waals surface area contributed by atoms with Gasteiger partial charge < -0.3 is 5.32 Å². The quantitative estimate of drug-likeness (QED) is 0.828. The molecule has 6 unspecified atom stereocenters. The molecule has 2 saturated carbocycles. The lowest BCUT2D eigenvalue weighted by molar-refractivity contribution is 0.0500. The zero-order valence-corrected chi connectivity index (χ0v) is 12.4. The van der Waals surface area contributed by atoms with Crippen LogP contribution >= 0.6 is 0 Å². The normalized spacial score (nSPS) is 46.5. The summed E-state index contributed by atoms with van der Waals surface area (Å²) in [6.07, 6.45) is 8.82. The lowest BCUT2D eigenvalue weighted by atomic mass is 9.82. The van der Waals surface area contributed by atoms with Crippen LogP contribution in [0.2, 0.25) is 0 Å². The second-order valence-corrected chi connectivity index (χ2v) is 7.18. The first-order valence-corrected chi connectivity index (χ1v) is 8.12. The van der Waals surface area contributed by atoms with E-state index in [9.17, 15) is 0 Å². The van der Waals surface area contributed by atoms with E-state index in [1.165, 1.54) is 38.6 Å². The zero-order chi connectivity index (χ0) is 12.7. The average Bonchev–Trinajstić information content (AvgIpc) is 3.00. The molecule has 3 rings (SSSR count). The van der Waals surface area contributed by atoms with Crippen LogP contribution in [-0.2, 0) is 0 Å². The lowest BCUT2D eigenvalue weighted by Gasteiger charge is -2.45. The molecule has 104 valence electrons. The second-order valence-electron chi connectivity index (χ2n) is 7.18. The molecule has 18 heavy (non-hydrogen) atoms. The Bertz CT molecular complexity index is 291. The number of nitrogens with zero attached hydrogens (tertiary/aromatic N) is 1. The van der Waals surface area contributed by atoms with Crippen LogP contribution in [0.25, 0.3) is 0 Å². The van der Waals surface area contributed by atoms with Crippen LogP contribution in [0.15, 0.2) is 0 Å². The molecule has 3 aliphatic rings. The molecule has 0 amide bonds. The fourth-order valence-corrected chi connectivity index (χ4v) is 5.19. The number of likely N-dealkylation sites (tertiary alicyclic amines) is 1. The Kier molecular flexibility index (Phi) is 3.68. The topological polar surface area (TPSA) is 15.3 Å². The summed E-state index contributed by atoms with van der Waals surface area (Å²) in [5.74, 6) is 3.17. The van der Waals surface area contributed by atoms with Crippen LogP contribution in [0.4, 0.5) is 0 Å². The van der Waals surface area contributed by atoms with Crippen molar-refractivity contribution in [1.82, 2.24) is 10.2 Å². The Morgan fingerprint density at radius 2 is 1.94 bits per heavy atom.